The molecule has 30 heavy (non-hydrogen) atoms. The summed E-state index contributed by atoms with van der Waals surface area (Å²) in [4.78, 5) is 38.0. The molecule has 0 radical (unpaired) electrons. The Bertz CT molecular complexity index is 921. The first-order valence-corrected chi connectivity index (χ1v) is 10.1. The minimum Gasteiger partial charge on any atom is -0.444 e. The number of ether oxygens (including phenoxy) is 1. The summed E-state index contributed by atoms with van der Waals surface area (Å²) >= 11 is 6.09. The molecule has 2 rings (SSSR count). The van der Waals surface area contributed by atoms with Gasteiger partial charge in [-0.1, -0.05) is 55.8 Å². The second-order valence-electron chi connectivity index (χ2n) is 8.24. The minimum absolute atomic E-state index is 0.210. The quantitative estimate of drug-likeness (QED) is 0.627. The first kappa shape index (κ1) is 23.4. The van der Waals surface area contributed by atoms with Crippen LogP contribution in [0.5, 0.6) is 0 Å². The number of carbonyl (C=O) groups is 3. The van der Waals surface area contributed by atoms with Gasteiger partial charge in [0.15, 0.2) is 5.78 Å². The van der Waals surface area contributed by atoms with Crippen molar-refractivity contribution in [3.8, 4) is 0 Å². The summed E-state index contributed by atoms with van der Waals surface area (Å²) in [5.74, 6) is -0.937. The minimum atomic E-state index is -0.852. The SMILES string of the molecule is CC(C)[C@H](NC(=O)OC(C)(C)C)C(=O)Nc1ccc(Cl)cc1C(=O)c1ccccc1. The standard InChI is InChI=1S/C23H27ClN2O4/c1-14(2)19(26-22(29)30-23(3,4)5)21(28)25-18-12-11-16(24)13-17(18)20(27)15-9-7-6-8-10-15/h6-14,19H,1-5H3,(H,25,28)(H,26,29)/t19-/m0/s1. The number of anilines is 1. The zero-order chi connectivity index (χ0) is 22.5. The van der Waals surface area contributed by atoms with E-state index in [1.54, 1.807) is 71.0 Å². The van der Waals surface area contributed by atoms with Crippen LogP contribution >= 0.6 is 11.6 Å². The lowest BCUT2D eigenvalue weighted by Gasteiger charge is -2.25. The number of alkyl carbamates (subject to hydrolysis) is 1. The summed E-state index contributed by atoms with van der Waals surface area (Å²) in [5.41, 5.74) is 0.368. The van der Waals surface area contributed by atoms with Crippen molar-refractivity contribution in [1.29, 1.82) is 0 Å². The van der Waals surface area contributed by atoms with Crippen molar-refractivity contribution in [3.63, 3.8) is 0 Å². The zero-order valence-electron chi connectivity index (χ0n) is 17.8. The Balaban J connectivity index is 2.26. The van der Waals surface area contributed by atoms with E-state index in [0.29, 0.717) is 16.3 Å². The van der Waals surface area contributed by atoms with Gasteiger partial charge >= 0.3 is 6.09 Å². The molecule has 2 aromatic rings. The smallest absolute Gasteiger partial charge is 0.408 e. The van der Waals surface area contributed by atoms with Gasteiger partial charge in [-0.3, -0.25) is 9.59 Å². The van der Waals surface area contributed by atoms with Crippen molar-refractivity contribution >= 4 is 35.1 Å². The van der Waals surface area contributed by atoms with Crippen molar-refractivity contribution < 1.29 is 19.1 Å². The molecule has 1 atom stereocenters. The summed E-state index contributed by atoms with van der Waals surface area (Å²) in [6.45, 7) is 8.84. The molecule has 0 saturated heterocycles. The first-order valence-electron chi connectivity index (χ1n) is 9.67. The third kappa shape index (κ3) is 6.59. The molecule has 0 aliphatic heterocycles. The Labute approximate surface area is 182 Å². The number of hydrogen-bond donors (Lipinski definition) is 2. The van der Waals surface area contributed by atoms with E-state index >= 15 is 0 Å². The van der Waals surface area contributed by atoms with Gasteiger partial charge < -0.3 is 15.4 Å². The lowest BCUT2D eigenvalue weighted by atomic mass is 10.00. The van der Waals surface area contributed by atoms with Crippen LogP contribution in [0.4, 0.5) is 10.5 Å². The molecule has 6 nitrogen and oxygen atoms in total. The van der Waals surface area contributed by atoms with Crippen LogP contribution in [0.2, 0.25) is 5.02 Å². The maximum absolute atomic E-state index is 12.9. The summed E-state index contributed by atoms with van der Waals surface area (Å²) < 4.78 is 5.25. The number of benzene rings is 2. The largest absolute Gasteiger partial charge is 0.444 e. The molecule has 2 N–H and O–H groups in total. The van der Waals surface area contributed by atoms with Gasteiger partial charge in [-0.25, -0.2) is 4.79 Å². The summed E-state index contributed by atoms with van der Waals surface area (Å²) in [5, 5.41) is 5.72. The van der Waals surface area contributed by atoms with Crippen LogP contribution in [-0.2, 0) is 9.53 Å². The molecule has 0 bridgehead atoms. The molecule has 2 aromatic carbocycles. The number of rotatable bonds is 6. The Hall–Kier alpha value is -2.86. The summed E-state index contributed by atoms with van der Waals surface area (Å²) in [6.07, 6.45) is -0.687. The van der Waals surface area contributed by atoms with Gasteiger partial charge in [0.25, 0.3) is 0 Å². The lowest BCUT2D eigenvalue weighted by molar-refractivity contribution is -0.119. The molecule has 0 aliphatic rings. The predicted octanol–water partition coefficient (Wildman–Crippen LogP) is 5.06. The van der Waals surface area contributed by atoms with E-state index in [9.17, 15) is 14.4 Å². The fourth-order valence-corrected chi connectivity index (χ4v) is 2.91. The third-order valence-electron chi connectivity index (χ3n) is 4.14. The van der Waals surface area contributed by atoms with Crippen molar-refractivity contribution in [3.05, 3.63) is 64.7 Å². The van der Waals surface area contributed by atoms with Gasteiger partial charge in [-0.15, -0.1) is 0 Å². The molecular weight excluding hydrogens is 404 g/mol. The van der Waals surface area contributed by atoms with Crippen LogP contribution in [-0.4, -0.2) is 29.4 Å². The van der Waals surface area contributed by atoms with E-state index in [1.807, 2.05) is 6.07 Å². The number of halogens is 1. The Morgan fingerprint density at radius 2 is 1.63 bits per heavy atom. The van der Waals surface area contributed by atoms with E-state index in [4.69, 9.17) is 16.3 Å². The number of amides is 2. The summed E-state index contributed by atoms with van der Waals surface area (Å²) in [6, 6.07) is 12.5. The Morgan fingerprint density at radius 1 is 1.00 bits per heavy atom. The normalized spacial score (nSPS) is 12.2. The first-order chi connectivity index (χ1) is 14.0. The Morgan fingerprint density at radius 3 is 2.20 bits per heavy atom. The van der Waals surface area contributed by atoms with Gasteiger partial charge in [-0.05, 0) is 44.9 Å². The van der Waals surface area contributed by atoms with Gasteiger partial charge in [-0.2, -0.15) is 0 Å². The fourth-order valence-electron chi connectivity index (χ4n) is 2.74. The highest BCUT2D eigenvalue weighted by Crippen LogP contribution is 2.24. The second-order valence-corrected chi connectivity index (χ2v) is 8.68. The molecule has 0 fully saturated rings. The third-order valence-corrected chi connectivity index (χ3v) is 4.38. The van der Waals surface area contributed by atoms with Crippen LogP contribution < -0.4 is 10.6 Å². The monoisotopic (exact) mass is 430 g/mol. The van der Waals surface area contributed by atoms with Gasteiger partial charge in [0.05, 0.1) is 5.69 Å². The number of hydrogen-bond acceptors (Lipinski definition) is 4. The Kier molecular flexibility index (Phi) is 7.62. The fraction of sp³-hybridized carbons (Fsp3) is 0.348. The second kappa shape index (κ2) is 9.76. The van der Waals surface area contributed by atoms with E-state index < -0.39 is 23.6 Å². The van der Waals surface area contributed by atoms with E-state index in [1.165, 1.54) is 6.07 Å². The molecule has 0 unspecified atom stereocenters. The molecular formula is C23H27ClN2O4. The van der Waals surface area contributed by atoms with Crippen LogP contribution in [0.1, 0.15) is 50.5 Å². The van der Waals surface area contributed by atoms with Crippen molar-refractivity contribution in [2.45, 2.75) is 46.3 Å². The van der Waals surface area contributed by atoms with Crippen molar-refractivity contribution in [2.24, 2.45) is 5.92 Å². The highest BCUT2D eigenvalue weighted by molar-refractivity contribution is 6.31. The average Bonchev–Trinajstić information content (AvgIpc) is 2.66. The molecule has 0 heterocycles. The highest BCUT2D eigenvalue weighted by Gasteiger charge is 2.28. The number of carbonyl (C=O) groups excluding carboxylic acids is 3. The molecule has 2 amide bonds. The van der Waals surface area contributed by atoms with Crippen LogP contribution in [0.3, 0.4) is 0 Å². The predicted molar refractivity (Wildman–Crippen MR) is 118 cm³/mol. The number of nitrogens with one attached hydrogen (secondary N) is 2. The molecule has 0 spiro atoms. The van der Waals surface area contributed by atoms with Crippen LogP contribution in [0, 0.1) is 5.92 Å². The van der Waals surface area contributed by atoms with Gasteiger partial charge in [0.1, 0.15) is 11.6 Å². The molecule has 0 saturated carbocycles. The lowest BCUT2D eigenvalue weighted by Crippen LogP contribution is -2.48. The average molecular weight is 431 g/mol. The zero-order valence-corrected chi connectivity index (χ0v) is 18.5. The molecule has 0 aromatic heterocycles. The van der Waals surface area contributed by atoms with Crippen molar-refractivity contribution in [1.82, 2.24) is 5.32 Å². The van der Waals surface area contributed by atoms with E-state index in [0.717, 1.165) is 0 Å². The topological polar surface area (TPSA) is 84.5 Å². The van der Waals surface area contributed by atoms with Gasteiger partial charge in [0.2, 0.25) is 5.91 Å². The maximum atomic E-state index is 12.9. The van der Waals surface area contributed by atoms with E-state index in [2.05, 4.69) is 10.6 Å². The van der Waals surface area contributed by atoms with Crippen LogP contribution in [0.15, 0.2) is 48.5 Å². The van der Waals surface area contributed by atoms with Crippen LogP contribution in [0.25, 0.3) is 0 Å². The van der Waals surface area contributed by atoms with Crippen molar-refractivity contribution in [2.75, 3.05) is 5.32 Å². The van der Waals surface area contributed by atoms with Gasteiger partial charge in [0, 0.05) is 16.1 Å². The number of ketones is 1. The summed E-state index contributed by atoms with van der Waals surface area (Å²) in [7, 11) is 0. The molecule has 7 heteroatoms. The maximum Gasteiger partial charge on any atom is 0.408 e. The molecule has 160 valence electrons. The van der Waals surface area contributed by atoms with E-state index in [-0.39, 0.29) is 17.3 Å². The highest BCUT2D eigenvalue weighted by atomic mass is 35.5. The molecule has 0 aliphatic carbocycles.